The van der Waals surface area contributed by atoms with Crippen LogP contribution in [0.5, 0.6) is 5.75 Å². The lowest BCUT2D eigenvalue weighted by Crippen LogP contribution is -2.23. The largest absolute Gasteiger partial charge is 0.496 e. The van der Waals surface area contributed by atoms with Crippen molar-refractivity contribution in [2.24, 2.45) is 0 Å². The van der Waals surface area contributed by atoms with Crippen molar-refractivity contribution in [1.82, 2.24) is 0 Å². The topological polar surface area (TPSA) is 64.6 Å². The Balaban J connectivity index is 1.71. The summed E-state index contributed by atoms with van der Waals surface area (Å²) in [5.41, 5.74) is 2.60. The van der Waals surface area contributed by atoms with Gasteiger partial charge in [-0.2, -0.15) is 0 Å². The van der Waals surface area contributed by atoms with Gasteiger partial charge in [0.2, 0.25) is 0 Å². The Morgan fingerprint density at radius 3 is 2.35 bits per heavy atom. The van der Waals surface area contributed by atoms with Gasteiger partial charge in [-0.05, 0) is 68.1 Å². The van der Waals surface area contributed by atoms with Crippen LogP contribution in [0.2, 0.25) is 0 Å². The number of methoxy groups -OCH3 is 1. The van der Waals surface area contributed by atoms with Crippen LogP contribution in [0.3, 0.4) is 0 Å². The Morgan fingerprint density at radius 2 is 1.81 bits per heavy atom. The van der Waals surface area contributed by atoms with E-state index in [0.29, 0.717) is 17.9 Å². The van der Waals surface area contributed by atoms with E-state index in [2.05, 4.69) is 5.32 Å². The van der Waals surface area contributed by atoms with Crippen molar-refractivity contribution in [3.63, 3.8) is 0 Å². The molecule has 26 heavy (non-hydrogen) atoms. The minimum Gasteiger partial charge on any atom is -0.496 e. The second-order valence-electron chi connectivity index (χ2n) is 6.52. The van der Waals surface area contributed by atoms with E-state index >= 15 is 0 Å². The first-order valence-electron chi connectivity index (χ1n) is 8.74. The Labute approximate surface area is 153 Å². The van der Waals surface area contributed by atoms with E-state index in [1.165, 1.54) is 0 Å². The maximum absolute atomic E-state index is 12.4. The fourth-order valence-electron chi connectivity index (χ4n) is 3.10. The molecule has 1 aliphatic carbocycles. The number of nitrogens with one attached hydrogen (secondary N) is 1. The highest BCUT2D eigenvalue weighted by Gasteiger charge is 2.52. The van der Waals surface area contributed by atoms with E-state index in [-0.39, 0.29) is 11.9 Å². The zero-order valence-corrected chi connectivity index (χ0v) is 15.3. The highest BCUT2D eigenvalue weighted by atomic mass is 16.5. The van der Waals surface area contributed by atoms with Gasteiger partial charge in [-0.25, -0.2) is 0 Å². The fraction of sp³-hybridized carbons (Fsp3) is 0.333. The van der Waals surface area contributed by atoms with Gasteiger partial charge in [0.15, 0.2) is 0 Å². The highest BCUT2D eigenvalue weighted by molar-refractivity contribution is 6.04. The second-order valence-corrected chi connectivity index (χ2v) is 6.52. The molecule has 136 valence electrons. The number of hydrogen-bond donors (Lipinski definition) is 1. The average molecular weight is 353 g/mol. The molecule has 0 aromatic heterocycles. The van der Waals surface area contributed by atoms with Crippen molar-refractivity contribution in [3.8, 4) is 5.75 Å². The van der Waals surface area contributed by atoms with E-state index in [1.54, 1.807) is 25.3 Å². The molecule has 0 atom stereocenters. The molecule has 0 heterocycles. The molecule has 0 saturated heterocycles. The van der Waals surface area contributed by atoms with E-state index in [1.807, 2.05) is 38.1 Å². The van der Waals surface area contributed by atoms with Gasteiger partial charge in [-0.15, -0.1) is 0 Å². The lowest BCUT2D eigenvalue weighted by Gasteiger charge is -2.15. The summed E-state index contributed by atoms with van der Waals surface area (Å²) >= 11 is 0. The van der Waals surface area contributed by atoms with Crippen LogP contribution in [0.1, 0.15) is 41.3 Å². The normalized spacial score (nSPS) is 14.4. The molecule has 0 spiro atoms. The van der Waals surface area contributed by atoms with Crippen LogP contribution in [0.25, 0.3) is 0 Å². The lowest BCUT2D eigenvalue weighted by molar-refractivity contribution is -0.146. The molecule has 0 bridgehead atoms. The van der Waals surface area contributed by atoms with Crippen LogP contribution in [0.15, 0.2) is 42.5 Å². The minimum absolute atomic E-state index is 0.162. The zero-order valence-electron chi connectivity index (χ0n) is 15.3. The van der Waals surface area contributed by atoms with Crippen LogP contribution in [0, 0.1) is 6.92 Å². The van der Waals surface area contributed by atoms with Crippen molar-refractivity contribution in [3.05, 3.63) is 59.2 Å². The quantitative estimate of drug-likeness (QED) is 0.801. The summed E-state index contributed by atoms with van der Waals surface area (Å²) in [5, 5.41) is 2.88. The van der Waals surface area contributed by atoms with Crippen molar-refractivity contribution >= 4 is 17.6 Å². The van der Waals surface area contributed by atoms with E-state index in [9.17, 15) is 9.59 Å². The highest BCUT2D eigenvalue weighted by Crippen LogP contribution is 2.49. The number of benzene rings is 2. The van der Waals surface area contributed by atoms with Gasteiger partial charge in [0, 0.05) is 11.3 Å². The number of hydrogen-bond acceptors (Lipinski definition) is 4. The van der Waals surface area contributed by atoms with Gasteiger partial charge in [0.25, 0.3) is 5.91 Å². The Hall–Kier alpha value is -2.82. The first kappa shape index (κ1) is 18.0. The molecule has 5 heteroatoms. The summed E-state index contributed by atoms with van der Waals surface area (Å²) in [6.45, 7) is 4.10. The zero-order chi connectivity index (χ0) is 18.7. The van der Waals surface area contributed by atoms with Crippen LogP contribution < -0.4 is 10.1 Å². The second kappa shape index (κ2) is 7.20. The third kappa shape index (κ3) is 3.43. The smallest absolute Gasteiger partial charge is 0.316 e. The van der Waals surface area contributed by atoms with E-state index < -0.39 is 5.41 Å². The number of anilines is 1. The first-order valence-corrected chi connectivity index (χ1v) is 8.74. The molecule has 2 aromatic carbocycles. The Kier molecular flexibility index (Phi) is 4.98. The Bertz CT molecular complexity index is 822. The van der Waals surface area contributed by atoms with E-state index in [4.69, 9.17) is 9.47 Å². The molecule has 3 rings (SSSR count). The number of amides is 1. The molecular formula is C21H23NO4. The molecular weight excluding hydrogens is 330 g/mol. The van der Waals surface area contributed by atoms with Gasteiger partial charge < -0.3 is 14.8 Å². The first-order chi connectivity index (χ1) is 12.5. The van der Waals surface area contributed by atoms with Crippen molar-refractivity contribution in [2.75, 3.05) is 19.0 Å². The van der Waals surface area contributed by atoms with Crippen molar-refractivity contribution in [2.45, 2.75) is 32.1 Å². The minimum atomic E-state index is -0.494. The van der Waals surface area contributed by atoms with E-state index in [0.717, 1.165) is 29.7 Å². The Morgan fingerprint density at radius 1 is 1.12 bits per heavy atom. The molecule has 0 radical (unpaired) electrons. The molecule has 1 amide bonds. The standard InChI is InChI=1S/C21H23NO4/c1-4-26-20(24)21(11-12-21)16-6-8-17(9-7-16)22-19(23)15-5-10-18(25-3)14(2)13-15/h5-10,13H,4,11-12H2,1-3H3,(H,22,23). The summed E-state index contributed by atoms with van der Waals surface area (Å²) < 4.78 is 10.4. The number of carbonyl (C=O) groups excluding carboxylic acids is 2. The number of ether oxygens (including phenoxy) is 2. The van der Waals surface area contributed by atoms with Gasteiger partial charge in [-0.1, -0.05) is 12.1 Å². The maximum atomic E-state index is 12.4. The van der Waals surface area contributed by atoms with Crippen LogP contribution in [0.4, 0.5) is 5.69 Å². The fourth-order valence-corrected chi connectivity index (χ4v) is 3.10. The molecule has 5 nitrogen and oxygen atoms in total. The lowest BCUT2D eigenvalue weighted by atomic mass is 9.96. The molecule has 1 fully saturated rings. The summed E-state index contributed by atoms with van der Waals surface area (Å²) in [6, 6.07) is 12.7. The summed E-state index contributed by atoms with van der Waals surface area (Å²) in [5.74, 6) is 0.403. The average Bonchev–Trinajstić information content (AvgIpc) is 3.44. The van der Waals surface area contributed by atoms with Crippen LogP contribution >= 0.6 is 0 Å². The summed E-state index contributed by atoms with van der Waals surface area (Å²) in [7, 11) is 1.60. The van der Waals surface area contributed by atoms with Gasteiger partial charge in [-0.3, -0.25) is 9.59 Å². The molecule has 0 unspecified atom stereocenters. The van der Waals surface area contributed by atoms with Crippen LogP contribution in [-0.4, -0.2) is 25.6 Å². The maximum Gasteiger partial charge on any atom is 0.316 e. The number of esters is 1. The summed E-state index contributed by atoms with van der Waals surface area (Å²) in [6.07, 6.45) is 1.62. The summed E-state index contributed by atoms with van der Waals surface area (Å²) in [4.78, 5) is 24.6. The number of carbonyl (C=O) groups is 2. The number of aryl methyl sites for hydroxylation is 1. The molecule has 0 aliphatic heterocycles. The SMILES string of the molecule is CCOC(=O)C1(c2ccc(NC(=O)c3ccc(OC)c(C)c3)cc2)CC1. The van der Waals surface area contributed by atoms with Crippen molar-refractivity contribution in [1.29, 1.82) is 0 Å². The molecule has 2 aromatic rings. The predicted molar refractivity (Wildman–Crippen MR) is 99.7 cm³/mol. The number of rotatable bonds is 6. The van der Waals surface area contributed by atoms with Crippen molar-refractivity contribution < 1.29 is 19.1 Å². The molecule has 1 saturated carbocycles. The van der Waals surface area contributed by atoms with Gasteiger partial charge in [0.05, 0.1) is 19.1 Å². The van der Waals surface area contributed by atoms with Gasteiger partial charge >= 0.3 is 5.97 Å². The monoisotopic (exact) mass is 353 g/mol. The molecule has 1 N–H and O–H groups in total. The van der Waals surface area contributed by atoms with Crippen LogP contribution in [-0.2, 0) is 14.9 Å². The molecule has 1 aliphatic rings. The predicted octanol–water partition coefficient (Wildman–Crippen LogP) is 3.85. The third-order valence-electron chi connectivity index (χ3n) is 4.77. The van der Waals surface area contributed by atoms with Gasteiger partial charge in [0.1, 0.15) is 5.75 Å². The third-order valence-corrected chi connectivity index (χ3v) is 4.77.